The van der Waals surface area contributed by atoms with Crippen molar-refractivity contribution in [3.05, 3.63) is 66.4 Å². The molecule has 1 fully saturated rings. The lowest BCUT2D eigenvalue weighted by Crippen LogP contribution is -2.41. The molecule has 1 aromatic heterocycles. The lowest BCUT2D eigenvalue weighted by Gasteiger charge is -2.28. The first-order valence-corrected chi connectivity index (χ1v) is 8.51. The Morgan fingerprint density at radius 1 is 1.04 bits per heavy atom. The quantitative estimate of drug-likeness (QED) is 0.339. The summed E-state index contributed by atoms with van der Waals surface area (Å²) in [6.45, 7) is 2.62. The lowest BCUT2D eigenvalue weighted by molar-refractivity contribution is 0.0668. The molecular formula is C20H19N3O3. The maximum absolute atomic E-state index is 9.38. The number of rotatable bonds is 3. The van der Waals surface area contributed by atoms with Gasteiger partial charge < -0.3 is 19.6 Å². The summed E-state index contributed by atoms with van der Waals surface area (Å²) >= 11 is 0. The number of nitrogens with zero attached hydrogens (tertiary/aromatic N) is 3. The van der Waals surface area contributed by atoms with Crippen molar-refractivity contribution in [2.24, 2.45) is 5.16 Å². The third-order valence-electron chi connectivity index (χ3n) is 4.34. The summed E-state index contributed by atoms with van der Waals surface area (Å²) < 4.78 is 11.2. The van der Waals surface area contributed by atoms with Crippen molar-refractivity contribution >= 4 is 16.6 Å². The summed E-state index contributed by atoms with van der Waals surface area (Å²) in [6.07, 6.45) is 1.65. The molecule has 0 unspecified atom stereocenters. The highest BCUT2D eigenvalue weighted by atomic mass is 16.5. The van der Waals surface area contributed by atoms with Gasteiger partial charge in [-0.1, -0.05) is 35.5 Å². The Morgan fingerprint density at radius 3 is 2.58 bits per heavy atom. The third-order valence-corrected chi connectivity index (χ3v) is 4.34. The number of pyridine rings is 1. The molecule has 4 rings (SSSR count). The van der Waals surface area contributed by atoms with Gasteiger partial charge in [0.2, 0.25) is 5.88 Å². The molecule has 26 heavy (non-hydrogen) atoms. The fraction of sp³-hybridized carbons (Fsp3) is 0.200. The first-order chi connectivity index (χ1) is 12.8. The Hall–Kier alpha value is -3.12. The maximum atomic E-state index is 9.38. The number of aromatic nitrogens is 1. The van der Waals surface area contributed by atoms with E-state index < -0.39 is 0 Å². The molecule has 3 aromatic rings. The van der Waals surface area contributed by atoms with Crippen LogP contribution in [0.5, 0.6) is 11.6 Å². The van der Waals surface area contributed by atoms with Gasteiger partial charge in [-0.15, -0.1) is 0 Å². The molecule has 0 radical (unpaired) electrons. The number of amidine groups is 1. The van der Waals surface area contributed by atoms with Crippen molar-refractivity contribution in [1.82, 2.24) is 9.88 Å². The monoisotopic (exact) mass is 349 g/mol. The minimum absolute atomic E-state index is 0.489. The average molecular weight is 349 g/mol. The molecule has 132 valence electrons. The van der Waals surface area contributed by atoms with Crippen LogP contribution in [0.1, 0.15) is 5.56 Å². The van der Waals surface area contributed by atoms with Crippen molar-refractivity contribution < 1.29 is 14.7 Å². The standard InChI is InChI=1S/C20H19N3O3/c24-22-20(23-9-11-25-12-10-23)17-6-8-19(21-14-17)26-18-7-5-15-3-1-2-4-16(15)13-18/h1-8,13-14,24H,9-12H2/b22-20-. The van der Waals surface area contributed by atoms with Gasteiger partial charge in [0.1, 0.15) is 5.75 Å². The Labute approximate surface area is 151 Å². The largest absolute Gasteiger partial charge is 0.439 e. The summed E-state index contributed by atoms with van der Waals surface area (Å²) in [5, 5.41) is 15.1. The van der Waals surface area contributed by atoms with Gasteiger partial charge >= 0.3 is 0 Å². The minimum atomic E-state index is 0.489. The molecule has 0 bridgehead atoms. The Bertz CT molecular complexity index is 919. The SMILES string of the molecule is O/N=C(/c1ccc(Oc2ccc3ccccc3c2)nc1)N1CCOCC1. The maximum Gasteiger partial charge on any atom is 0.219 e. The minimum Gasteiger partial charge on any atom is -0.439 e. The molecule has 0 amide bonds. The second-order valence-electron chi connectivity index (χ2n) is 6.02. The van der Waals surface area contributed by atoms with E-state index in [0.29, 0.717) is 38.0 Å². The highest BCUT2D eigenvalue weighted by Gasteiger charge is 2.18. The number of benzene rings is 2. The summed E-state index contributed by atoms with van der Waals surface area (Å²) in [6, 6.07) is 17.7. The molecule has 2 aromatic carbocycles. The Kier molecular flexibility index (Phi) is 4.66. The summed E-state index contributed by atoms with van der Waals surface area (Å²) in [5.74, 6) is 1.72. The second kappa shape index (κ2) is 7.41. The van der Waals surface area contributed by atoms with Gasteiger partial charge in [0, 0.05) is 30.9 Å². The molecule has 1 aliphatic rings. The smallest absolute Gasteiger partial charge is 0.219 e. The van der Waals surface area contributed by atoms with Gasteiger partial charge in [-0.05, 0) is 29.0 Å². The number of morpholine rings is 1. The molecular weight excluding hydrogens is 330 g/mol. The van der Waals surface area contributed by atoms with E-state index in [4.69, 9.17) is 9.47 Å². The van der Waals surface area contributed by atoms with Gasteiger partial charge in [0.25, 0.3) is 0 Å². The Balaban J connectivity index is 1.51. The Morgan fingerprint density at radius 2 is 1.85 bits per heavy atom. The van der Waals surface area contributed by atoms with Crippen LogP contribution >= 0.6 is 0 Å². The average Bonchev–Trinajstić information content (AvgIpc) is 2.71. The van der Waals surface area contributed by atoms with Crippen LogP contribution in [0.15, 0.2) is 65.9 Å². The van der Waals surface area contributed by atoms with Crippen molar-refractivity contribution in [3.8, 4) is 11.6 Å². The predicted molar refractivity (Wildman–Crippen MR) is 99.0 cm³/mol. The van der Waals surface area contributed by atoms with E-state index in [1.165, 1.54) is 0 Å². The molecule has 1 aliphatic heterocycles. The van der Waals surface area contributed by atoms with Gasteiger partial charge in [0.15, 0.2) is 5.84 Å². The fourth-order valence-corrected chi connectivity index (χ4v) is 3.00. The van der Waals surface area contributed by atoms with E-state index in [0.717, 1.165) is 22.1 Å². The van der Waals surface area contributed by atoms with Gasteiger partial charge in [-0.25, -0.2) is 4.98 Å². The van der Waals surface area contributed by atoms with E-state index in [9.17, 15) is 5.21 Å². The van der Waals surface area contributed by atoms with Crippen molar-refractivity contribution in [3.63, 3.8) is 0 Å². The van der Waals surface area contributed by atoms with E-state index in [2.05, 4.69) is 16.2 Å². The van der Waals surface area contributed by atoms with Gasteiger partial charge in [0.05, 0.1) is 13.2 Å². The van der Waals surface area contributed by atoms with Crippen LogP contribution in [0.25, 0.3) is 10.8 Å². The summed E-state index contributed by atoms with van der Waals surface area (Å²) in [5.41, 5.74) is 0.736. The lowest BCUT2D eigenvalue weighted by atomic mass is 10.1. The van der Waals surface area contributed by atoms with Gasteiger partial charge in [-0.2, -0.15) is 0 Å². The first-order valence-electron chi connectivity index (χ1n) is 8.51. The van der Waals surface area contributed by atoms with Crippen LogP contribution in [0.3, 0.4) is 0 Å². The van der Waals surface area contributed by atoms with Crippen LogP contribution in [0.4, 0.5) is 0 Å². The predicted octanol–water partition coefficient (Wildman–Crippen LogP) is 3.50. The van der Waals surface area contributed by atoms with Crippen LogP contribution in [0.2, 0.25) is 0 Å². The molecule has 6 heteroatoms. The number of hydrogen-bond donors (Lipinski definition) is 1. The van der Waals surface area contributed by atoms with Crippen LogP contribution in [-0.2, 0) is 4.74 Å². The zero-order valence-corrected chi connectivity index (χ0v) is 14.2. The molecule has 0 atom stereocenters. The zero-order chi connectivity index (χ0) is 17.8. The van der Waals surface area contributed by atoms with Crippen LogP contribution in [0, 0.1) is 0 Å². The van der Waals surface area contributed by atoms with Crippen LogP contribution in [-0.4, -0.2) is 47.2 Å². The van der Waals surface area contributed by atoms with E-state index in [1.54, 1.807) is 12.3 Å². The number of hydrogen-bond acceptors (Lipinski definition) is 5. The second-order valence-corrected chi connectivity index (χ2v) is 6.02. The molecule has 0 aliphatic carbocycles. The van der Waals surface area contributed by atoms with Crippen molar-refractivity contribution in [2.75, 3.05) is 26.3 Å². The number of fused-ring (bicyclic) bond motifs is 1. The molecule has 0 spiro atoms. The number of ether oxygens (including phenoxy) is 2. The highest BCUT2D eigenvalue weighted by Crippen LogP contribution is 2.24. The normalized spacial score (nSPS) is 15.2. The molecule has 1 N–H and O–H groups in total. The molecule has 0 saturated carbocycles. The topological polar surface area (TPSA) is 67.2 Å². The fourth-order valence-electron chi connectivity index (χ4n) is 3.00. The van der Waals surface area contributed by atoms with E-state index in [-0.39, 0.29) is 0 Å². The first kappa shape index (κ1) is 16.4. The van der Waals surface area contributed by atoms with Crippen molar-refractivity contribution in [1.29, 1.82) is 0 Å². The third kappa shape index (κ3) is 3.45. The highest BCUT2D eigenvalue weighted by molar-refractivity contribution is 5.98. The van der Waals surface area contributed by atoms with E-state index >= 15 is 0 Å². The summed E-state index contributed by atoms with van der Waals surface area (Å²) in [7, 11) is 0. The number of oxime groups is 1. The summed E-state index contributed by atoms with van der Waals surface area (Å²) in [4.78, 5) is 6.32. The van der Waals surface area contributed by atoms with E-state index in [1.807, 2.05) is 47.4 Å². The van der Waals surface area contributed by atoms with Crippen molar-refractivity contribution in [2.45, 2.75) is 0 Å². The molecule has 6 nitrogen and oxygen atoms in total. The molecule has 1 saturated heterocycles. The van der Waals surface area contributed by atoms with Crippen LogP contribution < -0.4 is 4.74 Å². The molecule has 2 heterocycles. The zero-order valence-electron chi connectivity index (χ0n) is 14.2. The van der Waals surface area contributed by atoms with Gasteiger partial charge in [-0.3, -0.25) is 0 Å².